The van der Waals surface area contributed by atoms with E-state index < -0.39 is 6.10 Å². The van der Waals surface area contributed by atoms with Gasteiger partial charge in [0.1, 0.15) is 24.8 Å². The highest BCUT2D eigenvalue weighted by atomic mass is 35.5. The molecule has 30 heavy (non-hydrogen) atoms. The number of carbonyl (C=O) groups is 1. The van der Waals surface area contributed by atoms with E-state index in [4.69, 9.17) is 25.5 Å². The van der Waals surface area contributed by atoms with Crippen LogP contribution in [0.2, 0.25) is 5.02 Å². The maximum atomic E-state index is 10.9. The van der Waals surface area contributed by atoms with E-state index in [0.717, 1.165) is 17.6 Å². The Bertz CT molecular complexity index is 945. The molecule has 0 aliphatic carbocycles. The molecule has 6 nitrogen and oxygen atoms in total. The molecule has 0 radical (unpaired) electrons. The summed E-state index contributed by atoms with van der Waals surface area (Å²) in [6.07, 6.45) is 1.60. The average Bonchev–Trinajstić information content (AvgIpc) is 3.26. The third-order valence-corrected chi connectivity index (χ3v) is 4.90. The molecule has 3 rings (SSSR count). The number of methoxy groups -OCH3 is 1. The van der Waals surface area contributed by atoms with Gasteiger partial charge in [-0.05, 0) is 42.0 Å². The van der Waals surface area contributed by atoms with Crippen LogP contribution < -0.4 is 9.47 Å². The molecule has 0 bridgehead atoms. The summed E-state index contributed by atoms with van der Waals surface area (Å²) in [5.74, 6) is 1.70. The molecule has 0 saturated carbocycles. The van der Waals surface area contributed by atoms with Crippen LogP contribution in [0.3, 0.4) is 0 Å². The number of aldehydes is 1. The topological polar surface area (TPSA) is 72.1 Å². The Labute approximate surface area is 180 Å². The third-order valence-electron chi connectivity index (χ3n) is 4.54. The van der Waals surface area contributed by atoms with Crippen molar-refractivity contribution in [2.24, 2.45) is 0 Å². The Morgan fingerprint density at radius 2 is 1.97 bits per heavy atom. The second kappa shape index (κ2) is 10.8. The Balaban J connectivity index is 1.64. The minimum absolute atomic E-state index is 0.0635. The number of hydrogen-bond acceptors (Lipinski definition) is 6. The quantitative estimate of drug-likeness (QED) is 0.461. The Hall–Kier alpha value is -2.80. The molecule has 3 aromatic rings. The van der Waals surface area contributed by atoms with Crippen LogP contribution in [0, 0.1) is 0 Å². The molecule has 7 heteroatoms. The van der Waals surface area contributed by atoms with Crippen LogP contribution in [0.5, 0.6) is 11.5 Å². The SMILES string of the molecule is COc1cc(C=O)ccc1OCC(O)CN(Cc1ccco1)Cc1ccccc1Cl. The van der Waals surface area contributed by atoms with Crippen molar-refractivity contribution < 1.29 is 23.8 Å². The number of rotatable bonds is 11. The highest BCUT2D eigenvalue weighted by molar-refractivity contribution is 6.31. The molecule has 1 heterocycles. The van der Waals surface area contributed by atoms with E-state index in [1.54, 1.807) is 24.5 Å². The second-order valence-electron chi connectivity index (χ2n) is 6.83. The van der Waals surface area contributed by atoms with Crippen LogP contribution >= 0.6 is 11.6 Å². The number of ether oxygens (including phenoxy) is 2. The predicted molar refractivity (Wildman–Crippen MR) is 114 cm³/mol. The zero-order chi connectivity index (χ0) is 21.3. The van der Waals surface area contributed by atoms with Crippen molar-refractivity contribution in [3.05, 3.63) is 82.8 Å². The largest absolute Gasteiger partial charge is 0.493 e. The fraction of sp³-hybridized carbons (Fsp3) is 0.261. The van der Waals surface area contributed by atoms with Gasteiger partial charge < -0.3 is 19.0 Å². The smallest absolute Gasteiger partial charge is 0.161 e. The van der Waals surface area contributed by atoms with Gasteiger partial charge in [-0.15, -0.1) is 0 Å². The van der Waals surface area contributed by atoms with Crippen molar-refractivity contribution in [3.63, 3.8) is 0 Å². The number of halogens is 1. The van der Waals surface area contributed by atoms with E-state index in [-0.39, 0.29) is 6.61 Å². The van der Waals surface area contributed by atoms with Crippen LogP contribution in [0.15, 0.2) is 65.3 Å². The lowest BCUT2D eigenvalue weighted by Gasteiger charge is -2.25. The highest BCUT2D eigenvalue weighted by Gasteiger charge is 2.17. The predicted octanol–water partition coefficient (Wildman–Crippen LogP) is 4.20. The molecular weight excluding hydrogens is 406 g/mol. The van der Waals surface area contributed by atoms with E-state index in [0.29, 0.717) is 41.7 Å². The summed E-state index contributed by atoms with van der Waals surface area (Å²) < 4.78 is 16.5. The van der Waals surface area contributed by atoms with E-state index in [1.807, 2.05) is 41.3 Å². The third kappa shape index (κ3) is 6.10. The number of furan rings is 1. The minimum atomic E-state index is -0.766. The second-order valence-corrected chi connectivity index (χ2v) is 7.24. The summed E-state index contributed by atoms with van der Waals surface area (Å²) in [4.78, 5) is 13.0. The maximum absolute atomic E-state index is 10.9. The van der Waals surface area contributed by atoms with Crippen molar-refractivity contribution in [1.29, 1.82) is 0 Å². The van der Waals surface area contributed by atoms with E-state index in [9.17, 15) is 9.90 Å². The van der Waals surface area contributed by atoms with Gasteiger partial charge in [0.25, 0.3) is 0 Å². The standard InChI is InChI=1S/C23H24ClNO5/c1-28-23-11-17(15-26)8-9-22(23)30-16-19(27)13-25(14-20-6-4-10-29-20)12-18-5-2-3-7-21(18)24/h2-11,15,19,27H,12-14,16H2,1H3. The first-order valence-corrected chi connectivity index (χ1v) is 9.89. The van der Waals surface area contributed by atoms with Gasteiger partial charge in [0.05, 0.1) is 19.9 Å². The zero-order valence-electron chi connectivity index (χ0n) is 16.7. The van der Waals surface area contributed by atoms with Crippen molar-refractivity contribution in [1.82, 2.24) is 4.90 Å². The molecule has 0 aliphatic heterocycles. The number of aliphatic hydroxyl groups is 1. The molecule has 0 aliphatic rings. The Morgan fingerprint density at radius 1 is 1.13 bits per heavy atom. The lowest BCUT2D eigenvalue weighted by Crippen LogP contribution is -2.35. The normalized spacial score (nSPS) is 12.0. The van der Waals surface area contributed by atoms with Crippen molar-refractivity contribution in [2.75, 3.05) is 20.3 Å². The van der Waals surface area contributed by atoms with Gasteiger partial charge in [0.15, 0.2) is 11.5 Å². The van der Waals surface area contributed by atoms with Crippen molar-refractivity contribution >= 4 is 17.9 Å². The molecule has 0 spiro atoms. The monoisotopic (exact) mass is 429 g/mol. The Kier molecular flexibility index (Phi) is 7.90. The first-order valence-electron chi connectivity index (χ1n) is 9.51. The van der Waals surface area contributed by atoms with Crippen LogP contribution in [0.25, 0.3) is 0 Å². The van der Waals surface area contributed by atoms with Gasteiger partial charge in [0.2, 0.25) is 0 Å². The molecule has 2 aromatic carbocycles. The van der Waals surface area contributed by atoms with Crippen LogP contribution in [-0.4, -0.2) is 42.7 Å². The molecule has 0 saturated heterocycles. The van der Waals surface area contributed by atoms with Crippen LogP contribution in [0.1, 0.15) is 21.7 Å². The lowest BCUT2D eigenvalue weighted by molar-refractivity contribution is 0.0596. The van der Waals surface area contributed by atoms with Gasteiger partial charge in [0, 0.05) is 23.7 Å². The summed E-state index contributed by atoms with van der Waals surface area (Å²) in [7, 11) is 1.50. The fourth-order valence-electron chi connectivity index (χ4n) is 3.09. The first-order chi connectivity index (χ1) is 14.6. The van der Waals surface area contributed by atoms with Gasteiger partial charge in [-0.2, -0.15) is 0 Å². The molecular formula is C23H24ClNO5. The Morgan fingerprint density at radius 3 is 2.67 bits per heavy atom. The van der Waals surface area contributed by atoms with Gasteiger partial charge in [-0.25, -0.2) is 0 Å². The number of hydrogen-bond donors (Lipinski definition) is 1. The van der Waals surface area contributed by atoms with Gasteiger partial charge in [-0.3, -0.25) is 9.69 Å². The molecule has 0 amide bonds. The number of benzene rings is 2. The molecule has 0 fully saturated rings. The van der Waals surface area contributed by atoms with Gasteiger partial charge in [-0.1, -0.05) is 29.8 Å². The van der Waals surface area contributed by atoms with E-state index in [1.165, 1.54) is 7.11 Å². The number of carbonyl (C=O) groups excluding carboxylic acids is 1. The van der Waals surface area contributed by atoms with Gasteiger partial charge >= 0.3 is 0 Å². The van der Waals surface area contributed by atoms with E-state index >= 15 is 0 Å². The maximum Gasteiger partial charge on any atom is 0.161 e. The van der Waals surface area contributed by atoms with Crippen LogP contribution in [0.4, 0.5) is 0 Å². The first kappa shape index (κ1) is 21.9. The summed E-state index contributed by atoms with van der Waals surface area (Å²) in [5.41, 5.74) is 1.45. The summed E-state index contributed by atoms with van der Waals surface area (Å²) in [5, 5.41) is 11.3. The van der Waals surface area contributed by atoms with E-state index in [2.05, 4.69) is 0 Å². The molecule has 1 unspecified atom stereocenters. The van der Waals surface area contributed by atoms with Crippen LogP contribution in [-0.2, 0) is 13.1 Å². The fourth-order valence-corrected chi connectivity index (χ4v) is 3.28. The summed E-state index contributed by atoms with van der Waals surface area (Å²) in [6.45, 7) is 1.48. The molecule has 1 aromatic heterocycles. The number of aliphatic hydroxyl groups excluding tert-OH is 1. The zero-order valence-corrected chi connectivity index (χ0v) is 17.4. The summed E-state index contributed by atoms with van der Waals surface area (Å²) >= 11 is 6.31. The van der Waals surface area contributed by atoms with Crippen molar-refractivity contribution in [2.45, 2.75) is 19.2 Å². The number of nitrogens with zero attached hydrogens (tertiary/aromatic N) is 1. The molecule has 1 N–H and O–H groups in total. The highest BCUT2D eigenvalue weighted by Crippen LogP contribution is 2.27. The van der Waals surface area contributed by atoms with Crippen molar-refractivity contribution in [3.8, 4) is 11.5 Å². The molecule has 1 atom stereocenters. The minimum Gasteiger partial charge on any atom is -0.493 e. The average molecular weight is 430 g/mol. The lowest BCUT2D eigenvalue weighted by atomic mass is 10.2. The summed E-state index contributed by atoms with van der Waals surface area (Å²) in [6, 6.07) is 16.2. The molecule has 158 valence electrons.